The van der Waals surface area contributed by atoms with Gasteiger partial charge in [-0.1, -0.05) is 18.2 Å². The molecule has 2 rings (SSSR count). The smallest absolute Gasteiger partial charge is 0.0603 e. The minimum atomic E-state index is 0.758. The molecule has 3 heteroatoms. The fourth-order valence-electron chi connectivity index (χ4n) is 1.82. The molecule has 0 atom stereocenters. The van der Waals surface area contributed by atoms with Crippen molar-refractivity contribution in [2.45, 2.75) is 13.5 Å². The molecule has 0 saturated carbocycles. The summed E-state index contributed by atoms with van der Waals surface area (Å²) >= 11 is 0. The largest absolute Gasteiger partial charge is 0.397 e. The first-order valence-electron chi connectivity index (χ1n) is 5.64. The molecule has 1 aromatic carbocycles. The van der Waals surface area contributed by atoms with Crippen LogP contribution in [0, 0.1) is 6.92 Å². The van der Waals surface area contributed by atoms with Crippen molar-refractivity contribution < 1.29 is 0 Å². The highest BCUT2D eigenvalue weighted by atomic mass is 15.1. The lowest BCUT2D eigenvalue weighted by Gasteiger charge is -2.21. The predicted molar refractivity (Wildman–Crippen MR) is 71.9 cm³/mol. The highest BCUT2D eigenvalue weighted by molar-refractivity contribution is 5.70. The Labute approximate surface area is 102 Å². The van der Waals surface area contributed by atoms with Crippen LogP contribution in [0.1, 0.15) is 11.3 Å². The van der Waals surface area contributed by atoms with Gasteiger partial charge >= 0.3 is 0 Å². The summed E-state index contributed by atoms with van der Waals surface area (Å²) in [5.74, 6) is 0. The van der Waals surface area contributed by atoms with Gasteiger partial charge < -0.3 is 10.6 Å². The van der Waals surface area contributed by atoms with E-state index in [1.165, 1.54) is 0 Å². The highest BCUT2D eigenvalue weighted by Gasteiger charge is 2.07. The number of pyridine rings is 1. The molecule has 0 aliphatic heterocycles. The number of hydrogen-bond donors (Lipinski definition) is 1. The molecule has 0 fully saturated rings. The first kappa shape index (κ1) is 11.5. The fraction of sp³-hybridized carbons (Fsp3) is 0.214. The van der Waals surface area contributed by atoms with Gasteiger partial charge in [-0.2, -0.15) is 0 Å². The van der Waals surface area contributed by atoms with Crippen LogP contribution >= 0.6 is 0 Å². The van der Waals surface area contributed by atoms with E-state index < -0.39 is 0 Å². The Balaban J connectivity index is 2.20. The van der Waals surface area contributed by atoms with Crippen molar-refractivity contribution in [2.75, 3.05) is 17.7 Å². The molecule has 2 aromatic rings. The van der Waals surface area contributed by atoms with Crippen molar-refractivity contribution in [1.29, 1.82) is 0 Å². The first-order valence-corrected chi connectivity index (χ1v) is 5.64. The van der Waals surface area contributed by atoms with Gasteiger partial charge in [0.25, 0.3) is 0 Å². The van der Waals surface area contributed by atoms with Crippen molar-refractivity contribution >= 4 is 11.4 Å². The van der Waals surface area contributed by atoms with Gasteiger partial charge in [-0.3, -0.25) is 4.98 Å². The number of anilines is 2. The Morgan fingerprint density at radius 3 is 2.71 bits per heavy atom. The number of para-hydroxylation sites is 1. The Morgan fingerprint density at radius 1 is 1.18 bits per heavy atom. The van der Waals surface area contributed by atoms with E-state index in [0.29, 0.717) is 0 Å². The second kappa shape index (κ2) is 4.87. The molecule has 0 unspecified atom stereocenters. The summed E-state index contributed by atoms with van der Waals surface area (Å²) in [7, 11) is 2.03. The molecule has 1 aromatic heterocycles. The maximum absolute atomic E-state index is 6.08. The third-order valence-corrected chi connectivity index (χ3v) is 2.84. The van der Waals surface area contributed by atoms with E-state index in [2.05, 4.69) is 9.88 Å². The molecule has 0 aliphatic rings. The summed E-state index contributed by atoms with van der Waals surface area (Å²) in [4.78, 5) is 6.43. The molecule has 0 spiro atoms. The average molecular weight is 227 g/mol. The van der Waals surface area contributed by atoms with Gasteiger partial charge in [0.15, 0.2) is 0 Å². The van der Waals surface area contributed by atoms with Crippen molar-refractivity contribution in [3.8, 4) is 0 Å². The standard InChI is InChI=1S/C14H17N3/c1-11-6-5-8-13(14(11)15)17(2)10-12-7-3-4-9-16-12/h3-9H,10,15H2,1-2H3. The maximum atomic E-state index is 6.08. The van der Waals surface area contributed by atoms with E-state index in [-0.39, 0.29) is 0 Å². The van der Waals surface area contributed by atoms with Crippen LogP contribution in [0.25, 0.3) is 0 Å². The molecule has 0 saturated heterocycles. The summed E-state index contributed by atoms with van der Waals surface area (Å²) in [6.45, 7) is 2.78. The summed E-state index contributed by atoms with van der Waals surface area (Å²) in [5, 5.41) is 0. The van der Waals surface area contributed by atoms with E-state index in [9.17, 15) is 0 Å². The quantitative estimate of drug-likeness (QED) is 0.819. The predicted octanol–water partition coefficient (Wildman–Crippen LogP) is 2.61. The number of hydrogen-bond acceptors (Lipinski definition) is 3. The number of nitrogens with zero attached hydrogens (tertiary/aromatic N) is 2. The lowest BCUT2D eigenvalue weighted by atomic mass is 10.1. The minimum absolute atomic E-state index is 0.758. The van der Waals surface area contributed by atoms with E-state index in [0.717, 1.165) is 29.2 Å². The number of nitrogens with two attached hydrogens (primary N) is 1. The number of benzene rings is 1. The van der Waals surface area contributed by atoms with Crippen LogP contribution in [-0.2, 0) is 6.54 Å². The molecule has 88 valence electrons. The molecule has 3 nitrogen and oxygen atoms in total. The molecule has 17 heavy (non-hydrogen) atoms. The van der Waals surface area contributed by atoms with Crippen molar-refractivity contribution in [2.24, 2.45) is 0 Å². The average Bonchev–Trinajstić information content (AvgIpc) is 2.34. The van der Waals surface area contributed by atoms with Crippen LogP contribution < -0.4 is 10.6 Å². The molecule has 0 amide bonds. The fourth-order valence-corrected chi connectivity index (χ4v) is 1.82. The lowest BCUT2D eigenvalue weighted by Crippen LogP contribution is -2.18. The van der Waals surface area contributed by atoms with Crippen LogP contribution in [-0.4, -0.2) is 12.0 Å². The second-order valence-electron chi connectivity index (χ2n) is 4.18. The van der Waals surface area contributed by atoms with Crippen LogP contribution in [0.3, 0.4) is 0 Å². The summed E-state index contributed by atoms with van der Waals surface area (Å²) in [6, 6.07) is 12.0. The lowest BCUT2D eigenvalue weighted by molar-refractivity contribution is 0.886. The summed E-state index contributed by atoms with van der Waals surface area (Å²) in [6.07, 6.45) is 1.81. The van der Waals surface area contributed by atoms with Crippen molar-refractivity contribution in [3.63, 3.8) is 0 Å². The summed E-state index contributed by atoms with van der Waals surface area (Å²) in [5.41, 5.74) is 10.1. The SMILES string of the molecule is Cc1cccc(N(C)Cc2ccccn2)c1N. The number of aryl methyl sites for hydroxylation is 1. The molecular weight excluding hydrogens is 210 g/mol. The van der Waals surface area contributed by atoms with Crippen LogP contribution in [0.5, 0.6) is 0 Å². The summed E-state index contributed by atoms with van der Waals surface area (Å²) < 4.78 is 0. The topological polar surface area (TPSA) is 42.2 Å². The van der Waals surface area contributed by atoms with Crippen molar-refractivity contribution in [3.05, 3.63) is 53.9 Å². The zero-order valence-corrected chi connectivity index (χ0v) is 10.2. The number of aromatic nitrogens is 1. The monoisotopic (exact) mass is 227 g/mol. The second-order valence-corrected chi connectivity index (χ2v) is 4.18. The molecule has 0 radical (unpaired) electrons. The van der Waals surface area contributed by atoms with E-state index in [1.807, 2.05) is 56.6 Å². The zero-order chi connectivity index (χ0) is 12.3. The molecule has 2 N–H and O–H groups in total. The van der Waals surface area contributed by atoms with E-state index in [1.54, 1.807) is 0 Å². The third kappa shape index (κ3) is 2.56. The Hall–Kier alpha value is -2.03. The Bertz CT molecular complexity index is 494. The van der Waals surface area contributed by atoms with Crippen molar-refractivity contribution in [1.82, 2.24) is 4.98 Å². The van der Waals surface area contributed by atoms with Gasteiger partial charge in [0.1, 0.15) is 0 Å². The van der Waals surface area contributed by atoms with Crippen LogP contribution in [0.2, 0.25) is 0 Å². The Kier molecular flexibility index (Phi) is 3.28. The van der Waals surface area contributed by atoms with Gasteiger partial charge in [-0.05, 0) is 30.7 Å². The van der Waals surface area contributed by atoms with Gasteiger partial charge in [0.05, 0.1) is 23.6 Å². The van der Waals surface area contributed by atoms with Crippen LogP contribution in [0.4, 0.5) is 11.4 Å². The van der Waals surface area contributed by atoms with Gasteiger partial charge in [-0.15, -0.1) is 0 Å². The van der Waals surface area contributed by atoms with Crippen LogP contribution in [0.15, 0.2) is 42.6 Å². The van der Waals surface area contributed by atoms with E-state index >= 15 is 0 Å². The molecular formula is C14H17N3. The van der Waals surface area contributed by atoms with E-state index in [4.69, 9.17) is 5.73 Å². The Morgan fingerprint density at radius 2 is 2.00 bits per heavy atom. The highest BCUT2D eigenvalue weighted by Crippen LogP contribution is 2.25. The third-order valence-electron chi connectivity index (χ3n) is 2.84. The van der Waals surface area contributed by atoms with Gasteiger partial charge in [0.2, 0.25) is 0 Å². The minimum Gasteiger partial charge on any atom is -0.397 e. The number of rotatable bonds is 3. The first-order chi connectivity index (χ1) is 8.18. The normalized spacial score (nSPS) is 10.2. The maximum Gasteiger partial charge on any atom is 0.0603 e. The molecule has 0 bridgehead atoms. The van der Waals surface area contributed by atoms with Gasteiger partial charge in [-0.25, -0.2) is 0 Å². The number of nitrogen functional groups attached to an aromatic ring is 1. The zero-order valence-electron chi connectivity index (χ0n) is 10.2. The molecule has 0 aliphatic carbocycles. The molecule has 1 heterocycles. The van der Waals surface area contributed by atoms with Gasteiger partial charge in [0, 0.05) is 13.2 Å².